The Labute approximate surface area is 363 Å². The molecule has 0 aromatic rings. The number of rotatable bonds is 41. The second-order valence-corrected chi connectivity index (χ2v) is 18.2. The fourth-order valence-corrected chi connectivity index (χ4v) is 6.90. The maximum Gasteiger partial charge on any atom is 0.472 e. The van der Waals surface area contributed by atoms with E-state index in [2.05, 4.69) is 92.1 Å². The molecule has 0 aromatic carbocycles. The van der Waals surface area contributed by atoms with Crippen molar-refractivity contribution in [3.8, 4) is 0 Å². The predicted molar refractivity (Wildman–Crippen MR) is 253 cm³/mol. The molecule has 0 saturated heterocycles. The van der Waals surface area contributed by atoms with E-state index in [-0.39, 0.29) is 19.1 Å². The molecular weight excluding hydrogens is 756 g/mol. The van der Waals surface area contributed by atoms with Crippen LogP contribution in [0.4, 0.5) is 0 Å². The Kier molecular flexibility index (Phi) is 39.4. The topological polar surface area (TPSA) is 105 Å². The Morgan fingerprint density at radius 1 is 0.593 bits per heavy atom. The zero-order chi connectivity index (χ0) is 43.6. The quantitative estimate of drug-likeness (QED) is 0.0245. The maximum absolute atomic E-state index is 12.8. The van der Waals surface area contributed by atoms with Gasteiger partial charge in [0.2, 0.25) is 5.91 Å². The van der Waals surface area contributed by atoms with E-state index in [1.54, 1.807) is 6.08 Å². The summed E-state index contributed by atoms with van der Waals surface area (Å²) in [6.07, 6.45) is 57.0. The molecule has 0 spiro atoms. The van der Waals surface area contributed by atoms with Gasteiger partial charge in [0, 0.05) is 6.42 Å². The summed E-state index contributed by atoms with van der Waals surface area (Å²) < 4.78 is 23.4. The molecule has 0 aromatic heterocycles. The van der Waals surface area contributed by atoms with Gasteiger partial charge in [-0.2, -0.15) is 0 Å². The van der Waals surface area contributed by atoms with Crippen molar-refractivity contribution in [2.45, 2.75) is 187 Å². The van der Waals surface area contributed by atoms with Crippen molar-refractivity contribution >= 4 is 13.7 Å². The van der Waals surface area contributed by atoms with Crippen LogP contribution >= 0.6 is 7.82 Å². The number of carbonyl (C=O) groups is 1. The molecule has 0 aliphatic rings. The summed E-state index contributed by atoms with van der Waals surface area (Å²) in [5, 5.41) is 13.7. The van der Waals surface area contributed by atoms with Crippen molar-refractivity contribution < 1.29 is 32.9 Å². The lowest BCUT2D eigenvalue weighted by Gasteiger charge is -2.25. The Balaban J connectivity index is 4.01. The number of amides is 1. The first-order valence-electron chi connectivity index (χ1n) is 23.5. The minimum absolute atomic E-state index is 0.0569. The molecule has 0 heterocycles. The molecule has 8 nitrogen and oxygen atoms in total. The minimum Gasteiger partial charge on any atom is -0.387 e. The van der Waals surface area contributed by atoms with Crippen molar-refractivity contribution in [2.24, 2.45) is 0 Å². The number of allylic oxidation sites excluding steroid dienone is 13. The number of aliphatic hydroxyl groups is 1. The molecule has 0 radical (unpaired) electrons. The molecule has 340 valence electrons. The van der Waals surface area contributed by atoms with Crippen LogP contribution in [-0.4, -0.2) is 73.4 Å². The molecule has 3 atom stereocenters. The SMILES string of the molecule is CC/C=C\C/C=C\C/C=C\C/C=C\C/C=C\C/C=C\CCCCCCCCCCCCCCC(=O)NC(COP(=O)(O)OCC[N+](C)(C)C)C(O)/C=C/CCCCCC. The van der Waals surface area contributed by atoms with Crippen LogP contribution in [0, 0.1) is 0 Å². The molecule has 9 heteroatoms. The third kappa shape index (κ3) is 43.6. The largest absolute Gasteiger partial charge is 0.472 e. The van der Waals surface area contributed by atoms with Gasteiger partial charge in [-0.25, -0.2) is 4.57 Å². The van der Waals surface area contributed by atoms with Gasteiger partial charge in [-0.05, 0) is 70.6 Å². The summed E-state index contributed by atoms with van der Waals surface area (Å²) >= 11 is 0. The van der Waals surface area contributed by atoms with Gasteiger partial charge in [-0.1, -0.05) is 182 Å². The van der Waals surface area contributed by atoms with Crippen molar-refractivity contribution in [3.63, 3.8) is 0 Å². The van der Waals surface area contributed by atoms with Crippen LogP contribution in [0.3, 0.4) is 0 Å². The van der Waals surface area contributed by atoms with E-state index in [0.29, 0.717) is 17.4 Å². The van der Waals surface area contributed by atoms with Gasteiger partial charge in [-0.3, -0.25) is 13.8 Å². The maximum atomic E-state index is 12.8. The van der Waals surface area contributed by atoms with Crippen LogP contribution in [0.2, 0.25) is 0 Å². The monoisotopic (exact) mass is 846 g/mol. The molecule has 0 saturated carbocycles. The summed E-state index contributed by atoms with van der Waals surface area (Å²) in [5.41, 5.74) is 0. The number of hydrogen-bond donors (Lipinski definition) is 3. The summed E-state index contributed by atoms with van der Waals surface area (Å²) in [7, 11) is 1.55. The zero-order valence-corrected chi connectivity index (χ0v) is 39.4. The van der Waals surface area contributed by atoms with E-state index < -0.39 is 20.0 Å². The number of aliphatic hydroxyl groups excluding tert-OH is 1. The van der Waals surface area contributed by atoms with Crippen LogP contribution in [-0.2, 0) is 18.4 Å². The predicted octanol–water partition coefficient (Wildman–Crippen LogP) is 13.4. The molecule has 1 amide bonds. The highest BCUT2D eigenvalue weighted by Gasteiger charge is 2.27. The van der Waals surface area contributed by atoms with Gasteiger partial charge in [0.1, 0.15) is 13.2 Å². The standard InChI is InChI=1S/C50H89N2O6P/c1-6-8-10-12-14-15-16-17-18-19-20-21-22-23-24-25-26-27-28-29-30-31-32-33-34-35-36-37-38-40-42-44-50(54)51-48(49(53)43-41-39-13-11-9-7-2)47-58-59(55,56)57-46-45-52(3,4)5/h8,10,14-15,17-18,20-21,23-24,26-27,41,43,48-49,53H,6-7,9,11-13,16,19,22,25,28-40,42,44-47H2,1-5H3,(H-,51,54,55,56)/p+1/b10-8-,15-14-,18-17-,21-20-,24-23-,27-26-,43-41+. The molecule has 0 aliphatic carbocycles. The first-order chi connectivity index (χ1) is 28.5. The van der Waals surface area contributed by atoms with Gasteiger partial charge < -0.3 is 19.8 Å². The normalized spacial score (nSPS) is 15.0. The molecule has 59 heavy (non-hydrogen) atoms. The van der Waals surface area contributed by atoms with Crippen molar-refractivity contribution in [1.82, 2.24) is 5.32 Å². The van der Waals surface area contributed by atoms with Crippen LogP contribution in [0.15, 0.2) is 85.1 Å². The fourth-order valence-electron chi connectivity index (χ4n) is 6.16. The lowest BCUT2D eigenvalue weighted by Crippen LogP contribution is -2.45. The number of hydrogen-bond acceptors (Lipinski definition) is 5. The number of quaternary nitrogens is 1. The number of phosphoric acid groups is 1. The van der Waals surface area contributed by atoms with Crippen molar-refractivity contribution in [2.75, 3.05) is 40.9 Å². The Hall–Kier alpha value is -2.32. The van der Waals surface area contributed by atoms with Gasteiger partial charge in [-0.15, -0.1) is 0 Å². The average molecular weight is 846 g/mol. The van der Waals surface area contributed by atoms with Crippen LogP contribution in [0.5, 0.6) is 0 Å². The summed E-state index contributed by atoms with van der Waals surface area (Å²) in [6.45, 7) is 4.59. The number of likely N-dealkylation sites (N-methyl/N-ethyl adjacent to an activating group) is 1. The summed E-state index contributed by atoms with van der Waals surface area (Å²) in [5.74, 6) is -0.190. The smallest absolute Gasteiger partial charge is 0.387 e. The summed E-state index contributed by atoms with van der Waals surface area (Å²) in [4.78, 5) is 23.0. The van der Waals surface area contributed by atoms with Gasteiger partial charge >= 0.3 is 7.82 Å². The lowest BCUT2D eigenvalue weighted by molar-refractivity contribution is -0.870. The number of carbonyl (C=O) groups excluding carboxylic acids is 1. The second-order valence-electron chi connectivity index (χ2n) is 16.8. The third-order valence-corrected chi connectivity index (χ3v) is 10.9. The van der Waals surface area contributed by atoms with Gasteiger partial charge in [0.05, 0.1) is 39.9 Å². The van der Waals surface area contributed by atoms with Crippen LogP contribution in [0.25, 0.3) is 0 Å². The van der Waals surface area contributed by atoms with E-state index in [1.165, 1.54) is 70.6 Å². The van der Waals surface area contributed by atoms with Gasteiger partial charge in [0.15, 0.2) is 0 Å². The van der Waals surface area contributed by atoms with E-state index in [0.717, 1.165) is 83.5 Å². The van der Waals surface area contributed by atoms with Crippen molar-refractivity contribution in [3.05, 3.63) is 85.1 Å². The van der Waals surface area contributed by atoms with E-state index in [1.807, 2.05) is 27.2 Å². The van der Waals surface area contributed by atoms with Crippen LogP contribution < -0.4 is 5.32 Å². The molecule has 3 N–H and O–H groups in total. The Bertz CT molecular complexity index is 1230. The lowest BCUT2D eigenvalue weighted by atomic mass is 10.0. The van der Waals surface area contributed by atoms with Crippen LogP contribution in [0.1, 0.15) is 174 Å². The number of unbranched alkanes of at least 4 members (excludes halogenated alkanes) is 16. The molecular formula is C50H90N2O6P+. The Morgan fingerprint density at radius 3 is 1.49 bits per heavy atom. The minimum atomic E-state index is -4.33. The second kappa shape index (κ2) is 41.1. The van der Waals surface area contributed by atoms with Crippen molar-refractivity contribution in [1.29, 1.82) is 0 Å². The summed E-state index contributed by atoms with van der Waals surface area (Å²) in [6, 6.07) is -0.848. The fraction of sp³-hybridized carbons (Fsp3) is 0.700. The highest BCUT2D eigenvalue weighted by molar-refractivity contribution is 7.47. The molecule has 0 rings (SSSR count). The number of nitrogens with zero attached hydrogens (tertiary/aromatic N) is 1. The molecule has 0 fully saturated rings. The molecule has 3 unspecified atom stereocenters. The number of phosphoric ester groups is 1. The number of nitrogens with one attached hydrogen (secondary N) is 1. The highest BCUT2D eigenvalue weighted by atomic mass is 31.2. The Morgan fingerprint density at radius 2 is 1.02 bits per heavy atom. The first kappa shape index (κ1) is 56.7. The van der Waals surface area contributed by atoms with Gasteiger partial charge in [0.25, 0.3) is 0 Å². The third-order valence-electron chi connectivity index (χ3n) is 9.87. The molecule has 0 bridgehead atoms. The van der Waals surface area contributed by atoms with E-state index in [9.17, 15) is 19.4 Å². The average Bonchev–Trinajstić information content (AvgIpc) is 3.19. The van der Waals surface area contributed by atoms with E-state index >= 15 is 0 Å². The molecule has 0 aliphatic heterocycles. The zero-order valence-electron chi connectivity index (χ0n) is 38.5. The van der Waals surface area contributed by atoms with E-state index in [4.69, 9.17) is 9.05 Å². The first-order valence-corrected chi connectivity index (χ1v) is 25.0. The highest BCUT2D eigenvalue weighted by Crippen LogP contribution is 2.43.